The normalized spacial score (nSPS) is 14.8. The molecule has 1 aliphatic rings. The van der Waals surface area contributed by atoms with Gasteiger partial charge in [0.1, 0.15) is 24.6 Å². The molecule has 1 heterocycles. The number of nitrogens with one attached hydrogen (secondary N) is 1. The molecule has 2 aromatic carbocycles. The first-order valence-electron chi connectivity index (χ1n) is 9.53. The number of ether oxygens (including phenoxy) is 3. The van der Waals surface area contributed by atoms with Crippen molar-refractivity contribution in [3.8, 4) is 17.2 Å². The van der Waals surface area contributed by atoms with Crippen LogP contribution in [-0.2, 0) is 0 Å². The second kappa shape index (κ2) is 9.43. The fraction of sp³-hybridized carbons (Fsp3) is 0.333. The van der Waals surface area contributed by atoms with Crippen molar-refractivity contribution in [3.63, 3.8) is 0 Å². The van der Waals surface area contributed by atoms with E-state index in [0.29, 0.717) is 23.6 Å². The van der Waals surface area contributed by atoms with Crippen molar-refractivity contribution >= 4 is 11.8 Å². The molecule has 0 aromatic heterocycles. The Morgan fingerprint density at radius 3 is 2.77 bits per heavy atom. The number of carbonyl (C=O) groups is 2. The molecule has 0 aliphatic carbocycles. The molecule has 0 saturated heterocycles. The van der Waals surface area contributed by atoms with E-state index < -0.39 is 29.2 Å². The van der Waals surface area contributed by atoms with Crippen molar-refractivity contribution in [3.05, 3.63) is 53.1 Å². The lowest BCUT2D eigenvalue weighted by Gasteiger charge is -2.27. The summed E-state index contributed by atoms with van der Waals surface area (Å²) in [5.41, 5.74) is 4.56. The van der Waals surface area contributed by atoms with E-state index in [1.165, 1.54) is 0 Å². The molecule has 3 N–H and O–H groups in total. The van der Waals surface area contributed by atoms with Crippen LogP contribution in [0, 0.1) is 11.6 Å². The Bertz CT molecular complexity index is 951. The predicted molar refractivity (Wildman–Crippen MR) is 104 cm³/mol. The number of amides is 2. The maximum absolute atomic E-state index is 14.3. The van der Waals surface area contributed by atoms with Gasteiger partial charge in [0.2, 0.25) is 0 Å². The number of hydrogen-bond donors (Lipinski definition) is 2. The Labute approximate surface area is 172 Å². The molecule has 1 atom stereocenters. The van der Waals surface area contributed by atoms with Crippen LogP contribution in [0.1, 0.15) is 40.5 Å². The molecule has 0 bridgehead atoms. The zero-order valence-electron chi connectivity index (χ0n) is 16.4. The van der Waals surface area contributed by atoms with E-state index in [4.69, 9.17) is 19.9 Å². The zero-order valence-corrected chi connectivity index (χ0v) is 16.4. The second-order valence-corrected chi connectivity index (χ2v) is 6.73. The number of hydrogen-bond acceptors (Lipinski definition) is 5. The van der Waals surface area contributed by atoms with Crippen molar-refractivity contribution in [2.24, 2.45) is 5.73 Å². The van der Waals surface area contributed by atoms with E-state index in [1.54, 1.807) is 18.2 Å². The summed E-state index contributed by atoms with van der Waals surface area (Å²) < 4.78 is 44.6. The third kappa shape index (κ3) is 4.79. The summed E-state index contributed by atoms with van der Waals surface area (Å²) in [5.74, 6) is -3.19. The topological polar surface area (TPSA) is 99.9 Å². The Balaban J connectivity index is 1.65. The first-order chi connectivity index (χ1) is 14.4. The fourth-order valence-electron chi connectivity index (χ4n) is 2.87. The van der Waals surface area contributed by atoms with Gasteiger partial charge in [-0.25, -0.2) is 8.78 Å². The average Bonchev–Trinajstić information content (AvgIpc) is 2.72. The van der Waals surface area contributed by atoms with Gasteiger partial charge in [0.15, 0.2) is 29.2 Å². The minimum Gasteiger partial charge on any atom is -0.486 e. The number of rotatable bonds is 8. The van der Waals surface area contributed by atoms with E-state index in [-0.39, 0.29) is 24.9 Å². The standard InChI is InChI=1S/C21H22F2N2O5/c1-2-3-8-25-21(27)12-4-6-15-17(9-12)30-13(10-28-15)11-29-16-7-5-14(22)18(19(16)23)20(24)26/h4-7,9,13H,2-3,8,10-11H2,1H3,(H2,24,26)(H,25,27). The van der Waals surface area contributed by atoms with Crippen molar-refractivity contribution in [2.45, 2.75) is 25.9 Å². The largest absolute Gasteiger partial charge is 0.486 e. The van der Waals surface area contributed by atoms with Crippen LogP contribution in [-0.4, -0.2) is 37.7 Å². The highest BCUT2D eigenvalue weighted by molar-refractivity contribution is 5.95. The molecule has 0 saturated carbocycles. The van der Waals surface area contributed by atoms with Crippen molar-refractivity contribution in [1.29, 1.82) is 0 Å². The summed E-state index contributed by atoms with van der Waals surface area (Å²) in [6.45, 7) is 2.61. The number of fused-ring (bicyclic) bond motifs is 1. The van der Waals surface area contributed by atoms with Gasteiger partial charge in [0, 0.05) is 12.1 Å². The number of unbranched alkanes of at least 4 members (excludes halogenated alkanes) is 1. The number of primary amides is 1. The third-order valence-corrected chi connectivity index (χ3v) is 4.47. The second-order valence-electron chi connectivity index (χ2n) is 6.73. The lowest BCUT2D eigenvalue weighted by atomic mass is 10.1. The van der Waals surface area contributed by atoms with Crippen LogP contribution in [0.5, 0.6) is 17.2 Å². The van der Waals surface area contributed by atoms with Gasteiger partial charge in [0.25, 0.3) is 11.8 Å². The quantitative estimate of drug-likeness (QED) is 0.640. The van der Waals surface area contributed by atoms with E-state index >= 15 is 0 Å². The first kappa shape index (κ1) is 21.4. The van der Waals surface area contributed by atoms with E-state index in [0.717, 1.165) is 25.0 Å². The number of halogens is 2. The fourth-order valence-corrected chi connectivity index (χ4v) is 2.87. The molecule has 3 rings (SSSR count). The van der Waals surface area contributed by atoms with Gasteiger partial charge in [-0.3, -0.25) is 9.59 Å². The van der Waals surface area contributed by atoms with Gasteiger partial charge in [-0.15, -0.1) is 0 Å². The van der Waals surface area contributed by atoms with Crippen molar-refractivity contribution in [1.82, 2.24) is 5.32 Å². The smallest absolute Gasteiger partial charge is 0.254 e. The maximum Gasteiger partial charge on any atom is 0.254 e. The SMILES string of the molecule is CCCCNC(=O)c1ccc2c(c1)OC(COc1ccc(F)c(C(N)=O)c1F)CO2. The van der Waals surface area contributed by atoms with Gasteiger partial charge >= 0.3 is 0 Å². The van der Waals surface area contributed by atoms with Crippen LogP contribution in [0.4, 0.5) is 8.78 Å². The zero-order chi connectivity index (χ0) is 21.7. The predicted octanol–water partition coefficient (Wildman–Crippen LogP) is 2.81. The van der Waals surface area contributed by atoms with E-state index in [9.17, 15) is 18.4 Å². The Hall–Kier alpha value is -3.36. The number of carbonyl (C=O) groups excluding carboxylic acids is 2. The monoisotopic (exact) mass is 420 g/mol. The van der Waals surface area contributed by atoms with E-state index in [1.807, 2.05) is 6.92 Å². The highest BCUT2D eigenvalue weighted by Gasteiger charge is 2.25. The molecule has 2 amide bonds. The van der Waals surface area contributed by atoms with Crippen molar-refractivity contribution < 1.29 is 32.6 Å². The van der Waals surface area contributed by atoms with Crippen LogP contribution in [0.3, 0.4) is 0 Å². The molecule has 0 spiro atoms. The van der Waals surface area contributed by atoms with Gasteiger partial charge < -0.3 is 25.3 Å². The summed E-state index contributed by atoms with van der Waals surface area (Å²) in [6, 6.07) is 6.80. The molecule has 9 heteroatoms. The molecule has 1 unspecified atom stereocenters. The number of nitrogens with two attached hydrogens (primary N) is 1. The van der Waals surface area contributed by atoms with Gasteiger partial charge in [-0.1, -0.05) is 13.3 Å². The molecule has 1 aliphatic heterocycles. The molecule has 30 heavy (non-hydrogen) atoms. The molecule has 7 nitrogen and oxygen atoms in total. The maximum atomic E-state index is 14.3. The van der Waals surface area contributed by atoms with Crippen LogP contribution in [0.2, 0.25) is 0 Å². The Kier molecular flexibility index (Phi) is 6.71. The molecule has 0 radical (unpaired) electrons. The summed E-state index contributed by atoms with van der Waals surface area (Å²) in [4.78, 5) is 23.4. The van der Waals surface area contributed by atoms with Crippen LogP contribution in [0.15, 0.2) is 30.3 Å². The third-order valence-electron chi connectivity index (χ3n) is 4.47. The Morgan fingerprint density at radius 2 is 2.03 bits per heavy atom. The van der Waals surface area contributed by atoms with Gasteiger partial charge in [-0.05, 0) is 36.8 Å². The molecular formula is C21H22F2N2O5. The van der Waals surface area contributed by atoms with Gasteiger partial charge in [0.05, 0.1) is 0 Å². The average molecular weight is 420 g/mol. The lowest BCUT2D eigenvalue weighted by molar-refractivity contribution is 0.0521. The molecule has 2 aromatic rings. The minimum atomic E-state index is -1.23. The Morgan fingerprint density at radius 1 is 1.23 bits per heavy atom. The number of benzene rings is 2. The van der Waals surface area contributed by atoms with Crippen LogP contribution in [0.25, 0.3) is 0 Å². The van der Waals surface area contributed by atoms with Crippen LogP contribution >= 0.6 is 0 Å². The lowest BCUT2D eigenvalue weighted by Crippen LogP contribution is -2.35. The molecule has 0 fully saturated rings. The minimum absolute atomic E-state index is 0.126. The highest BCUT2D eigenvalue weighted by Crippen LogP contribution is 2.33. The van der Waals surface area contributed by atoms with Gasteiger partial charge in [-0.2, -0.15) is 0 Å². The summed E-state index contributed by atoms with van der Waals surface area (Å²) in [6.07, 6.45) is 1.24. The van der Waals surface area contributed by atoms with Crippen molar-refractivity contribution in [2.75, 3.05) is 19.8 Å². The first-order valence-corrected chi connectivity index (χ1v) is 9.53. The summed E-state index contributed by atoms with van der Waals surface area (Å²) >= 11 is 0. The van der Waals surface area contributed by atoms with Crippen LogP contribution < -0.4 is 25.3 Å². The summed E-state index contributed by atoms with van der Waals surface area (Å²) in [7, 11) is 0. The molecule has 160 valence electrons. The molecular weight excluding hydrogens is 398 g/mol. The summed E-state index contributed by atoms with van der Waals surface area (Å²) in [5, 5.41) is 2.82. The van der Waals surface area contributed by atoms with E-state index in [2.05, 4.69) is 5.32 Å². The highest BCUT2D eigenvalue weighted by atomic mass is 19.1.